The van der Waals surface area contributed by atoms with Crippen molar-refractivity contribution in [3.8, 4) is 5.75 Å². The molecule has 0 amide bonds. The van der Waals surface area contributed by atoms with Gasteiger partial charge in [-0.05, 0) is 49.7 Å². The van der Waals surface area contributed by atoms with Gasteiger partial charge >= 0.3 is 0 Å². The Kier molecular flexibility index (Phi) is 5.32. The van der Waals surface area contributed by atoms with E-state index in [-0.39, 0.29) is 0 Å². The van der Waals surface area contributed by atoms with E-state index in [0.717, 1.165) is 17.7 Å². The highest BCUT2D eigenvalue weighted by Crippen LogP contribution is 2.31. The highest BCUT2D eigenvalue weighted by atomic mass is 32.2. The van der Waals surface area contributed by atoms with Crippen molar-refractivity contribution >= 4 is 11.8 Å². The molecule has 4 heteroatoms. The molecule has 18 heavy (non-hydrogen) atoms. The van der Waals surface area contributed by atoms with Crippen LogP contribution in [0.25, 0.3) is 0 Å². The number of aliphatic hydroxyl groups excluding tert-OH is 1. The van der Waals surface area contributed by atoms with Crippen molar-refractivity contribution in [2.45, 2.75) is 32.3 Å². The molecular formula is C14H21NO2S. The maximum atomic E-state index is 10.3. The van der Waals surface area contributed by atoms with Crippen molar-refractivity contribution in [3.05, 3.63) is 24.0 Å². The van der Waals surface area contributed by atoms with Crippen molar-refractivity contribution in [1.29, 1.82) is 0 Å². The Bertz CT molecular complexity index is 367. The van der Waals surface area contributed by atoms with Crippen LogP contribution in [0.1, 0.15) is 37.9 Å². The fourth-order valence-corrected chi connectivity index (χ4v) is 3.50. The topological polar surface area (TPSA) is 42.4 Å². The molecule has 1 unspecified atom stereocenters. The van der Waals surface area contributed by atoms with Gasteiger partial charge < -0.3 is 9.84 Å². The summed E-state index contributed by atoms with van der Waals surface area (Å²) in [4.78, 5) is 4.13. The molecule has 0 aliphatic carbocycles. The van der Waals surface area contributed by atoms with Gasteiger partial charge in [0.15, 0.2) is 0 Å². The molecule has 100 valence electrons. The average molecular weight is 267 g/mol. The Hall–Kier alpha value is -0.740. The highest BCUT2D eigenvalue weighted by molar-refractivity contribution is 7.99. The monoisotopic (exact) mass is 267 g/mol. The number of rotatable bonds is 5. The van der Waals surface area contributed by atoms with Gasteiger partial charge in [-0.25, -0.2) is 0 Å². The van der Waals surface area contributed by atoms with Crippen LogP contribution in [0.4, 0.5) is 0 Å². The van der Waals surface area contributed by atoms with Crippen molar-refractivity contribution in [1.82, 2.24) is 4.98 Å². The fourth-order valence-electron chi connectivity index (χ4n) is 2.30. The maximum Gasteiger partial charge on any atom is 0.137 e. The number of pyridine rings is 1. The number of ether oxygens (including phenoxy) is 1. The highest BCUT2D eigenvalue weighted by Gasteiger charge is 2.19. The van der Waals surface area contributed by atoms with Gasteiger partial charge in [-0.15, -0.1) is 0 Å². The van der Waals surface area contributed by atoms with E-state index < -0.39 is 6.10 Å². The number of hydrogen-bond acceptors (Lipinski definition) is 4. The summed E-state index contributed by atoms with van der Waals surface area (Å²) in [6, 6.07) is 1.90. The minimum Gasteiger partial charge on any atom is -0.492 e. The Balaban J connectivity index is 1.94. The number of thioether (sulfide) groups is 1. The number of nitrogens with zero attached hydrogens (tertiary/aromatic N) is 1. The Morgan fingerprint density at radius 3 is 2.94 bits per heavy atom. The molecule has 1 saturated heterocycles. The quantitative estimate of drug-likeness (QED) is 0.890. The molecule has 0 spiro atoms. The van der Waals surface area contributed by atoms with Crippen molar-refractivity contribution in [2.24, 2.45) is 5.92 Å². The normalized spacial score (nSPS) is 18.6. The zero-order chi connectivity index (χ0) is 12.8. The van der Waals surface area contributed by atoms with E-state index in [4.69, 9.17) is 4.74 Å². The lowest BCUT2D eigenvalue weighted by Gasteiger charge is -2.23. The SMILES string of the molecule is CCOc1cncc(C(O)CC2CCSCC2)c1. The van der Waals surface area contributed by atoms with Gasteiger partial charge in [-0.2, -0.15) is 11.8 Å². The Labute approximate surface area is 113 Å². The van der Waals surface area contributed by atoms with Crippen LogP contribution in [0, 0.1) is 5.92 Å². The second-order valence-corrected chi connectivity index (χ2v) is 5.92. The summed E-state index contributed by atoms with van der Waals surface area (Å²) in [5, 5.41) is 10.3. The lowest BCUT2D eigenvalue weighted by Crippen LogP contribution is -2.13. The molecule has 1 aromatic rings. The lowest BCUT2D eigenvalue weighted by atomic mass is 9.93. The van der Waals surface area contributed by atoms with Gasteiger partial charge in [0.25, 0.3) is 0 Å². The van der Waals surface area contributed by atoms with Crippen LogP contribution in [0.5, 0.6) is 5.75 Å². The van der Waals surface area contributed by atoms with E-state index >= 15 is 0 Å². The predicted octanol–water partition coefficient (Wildman–Crippen LogP) is 3.05. The minimum atomic E-state index is -0.411. The fraction of sp³-hybridized carbons (Fsp3) is 0.643. The standard InChI is InChI=1S/C14H21NO2S/c1-2-17-13-8-12(9-15-10-13)14(16)7-11-3-5-18-6-4-11/h8-11,14,16H,2-7H2,1H3. The van der Waals surface area contributed by atoms with Crippen molar-refractivity contribution in [2.75, 3.05) is 18.1 Å². The summed E-state index contributed by atoms with van der Waals surface area (Å²) >= 11 is 2.02. The largest absolute Gasteiger partial charge is 0.492 e. The first kappa shape index (κ1) is 13.7. The Morgan fingerprint density at radius 2 is 2.22 bits per heavy atom. The first-order valence-corrected chi connectivity index (χ1v) is 7.78. The van der Waals surface area contributed by atoms with Crippen molar-refractivity contribution in [3.63, 3.8) is 0 Å². The van der Waals surface area contributed by atoms with E-state index in [1.807, 2.05) is 24.8 Å². The van der Waals surface area contributed by atoms with Gasteiger partial charge in [0, 0.05) is 11.8 Å². The summed E-state index contributed by atoms with van der Waals surface area (Å²) in [6.07, 6.45) is 6.31. The van der Waals surface area contributed by atoms with Gasteiger partial charge in [-0.1, -0.05) is 0 Å². The van der Waals surface area contributed by atoms with Crippen LogP contribution in [0.2, 0.25) is 0 Å². The smallest absolute Gasteiger partial charge is 0.137 e. The first-order chi connectivity index (χ1) is 8.79. The molecule has 0 radical (unpaired) electrons. The summed E-state index contributed by atoms with van der Waals surface area (Å²) < 4.78 is 5.41. The molecular weight excluding hydrogens is 246 g/mol. The summed E-state index contributed by atoms with van der Waals surface area (Å²) in [5.74, 6) is 3.86. The van der Waals surface area contributed by atoms with Crippen molar-refractivity contribution < 1.29 is 9.84 Å². The lowest BCUT2D eigenvalue weighted by molar-refractivity contribution is 0.140. The minimum absolute atomic E-state index is 0.411. The van der Waals surface area contributed by atoms with Gasteiger partial charge in [0.1, 0.15) is 5.75 Å². The van der Waals surface area contributed by atoms with E-state index in [2.05, 4.69) is 4.98 Å². The molecule has 3 nitrogen and oxygen atoms in total. The van der Waals surface area contributed by atoms with E-state index in [0.29, 0.717) is 12.5 Å². The molecule has 1 aromatic heterocycles. The Morgan fingerprint density at radius 1 is 1.44 bits per heavy atom. The summed E-state index contributed by atoms with van der Waals surface area (Å²) in [5.41, 5.74) is 0.874. The van der Waals surface area contributed by atoms with Crippen LogP contribution in [-0.2, 0) is 0 Å². The zero-order valence-corrected chi connectivity index (χ0v) is 11.7. The summed E-state index contributed by atoms with van der Waals surface area (Å²) in [6.45, 7) is 2.57. The average Bonchev–Trinajstić information content (AvgIpc) is 2.40. The zero-order valence-electron chi connectivity index (χ0n) is 10.8. The molecule has 1 N–H and O–H groups in total. The van der Waals surface area contributed by atoms with Gasteiger partial charge in [0.05, 0.1) is 18.9 Å². The summed E-state index contributed by atoms with van der Waals surface area (Å²) in [7, 11) is 0. The van der Waals surface area contributed by atoms with E-state index in [1.54, 1.807) is 12.4 Å². The molecule has 2 heterocycles. The van der Waals surface area contributed by atoms with Crippen LogP contribution in [-0.4, -0.2) is 28.2 Å². The van der Waals surface area contributed by atoms with Crippen LogP contribution in [0.15, 0.2) is 18.5 Å². The first-order valence-electron chi connectivity index (χ1n) is 6.63. The molecule has 0 saturated carbocycles. The van der Waals surface area contributed by atoms with E-state index in [1.165, 1.54) is 24.3 Å². The number of aromatic nitrogens is 1. The molecule has 2 rings (SSSR count). The van der Waals surface area contributed by atoms with Gasteiger partial charge in [-0.3, -0.25) is 4.98 Å². The third kappa shape index (κ3) is 3.89. The second kappa shape index (κ2) is 7.00. The third-order valence-corrected chi connectivity index (χ3v) is 4.38. The van der Waals surface area contributed by atoms with Gasteiger partial charge in [0.2, 0.25) is 0 Å². The number of aliphatic hydroxyl groups is 1. The molecule has 0 aromatic carbocycles. The van der Waals surface area contributed by atoms with Crippen LogP contribution in [0.3, 0.4) is 0 Å². The number of hydrogen-bond donors (Lipinski definition) is 1. The molecule has 1 aliphatic rings. The van der Waals surface area contributed by atoms with E-state index in [9.17, 15) is 5.11 Å². The third-order valence-electron chi connectivity index (χ3n) is 3.33. The predicted molar refractivity (Wildman–Crippen MR) is 75.0 cm³/mol. The second-order valence-electron chi connectivity index (χ2n) is 4.69. The molecule has 1 aliphatic heterocycles. The molecule has 1 atom stereocenters. The molecule has 0 bridgehead atoms. The van der Waals surface area contributed by atoms with Crippen LogP contribution < -0.4 is 4.74 Å². The van der Waals surface area contributed by atoms with Crippen LogP contribution >= 0.6 is 11.8 Å². The molecule has 1 fully saturated rings. The maximum absolute atomic E-state index is 10.3.